The molecule has 5 rings (SSSR count). The summed E-state index contributed by atoms with van der Waals surface area (Å²) >= 11 is 6.00. The third kappa shape index (κ3) is 4.82. The van der Waals surface area contributed by atoms with Gasteiger partial charge >= 0.3 is 0 Å². The van der Waals surface area contributed by atoms with Crippen LogP contribution in [0.1, 0.15) is 36.5 Å². The van der Waals surface area contributed by atoms with Gasteiger partial charge in [0.15, 0.2) is 5.65 Å². The van der Waals surface area contributed by atoms with E-state index in [0.717, 1.165) is 19.3 Å². The molecule has 0 bridgehead atoms. The maximum absolute atomic E-state index is 14.1. The standard InChI is InChI=1S/C28H25ClN4O3S/c1-2-3-9-18-33-26-24(30-22-12-7-8-13-23(22)31-26)25(37(35,36)21-10-5-4-6-11-21)27(33)32-28(34)19-14-16-20(29)17-15-19/h4-8,10-17H,2-3,9,18H2,1H3,(H,32,34). The predicted molar refractivity (Wildman–Crippen MR) is 146 cm³/mol. The molecule has 0 aliphatic rings. The van der Waals surface area contributed by atoms with Crippen LogP contribution in [0, 0.1) is 0 Å². The van der Waals surface area contributed by atoms with Crippen LogP contribution in [0.2, 0.25) is 5.02 Å². The number of hydrogen-bond donors (Lipinski definition) is 1. The number of amides is 1. The Morgan fingerprint density at radius 3 is 2.22 bits per heavy atom. The van der Waals surface area contributed by atoms with Crippen molar-refractivity contribution < 1.29 is 13.2 Å². The van der Waals surface area contributed by atoms with Crippen molar-refractivity contribution in [2.24, 2.45) is 0 Å². The minimum atomic E-state index is -4.07. The number of benzene rings is 3. The lowest BCUT2D eigenvalue weighted by Gasteiger charge is -2.13. The minimum absolute atomic E-state index is 0.0641. The molecule has 3 aromatic carbocycles. The van der Waals surface area contributed by atoms with Gasteiger partial charge in [0.05, 0.1) is 15.9 Å². The lowest BCUT2D eigenvalue weighted by atomic mass is 10.2. The molecule has 0 unspecified atom stereocenters. The number of nitrogens with one attached hydrogen (secondary N) is 1. The molecule has 0 aliphatic heterocycles. The molecule has 9 heteroatoms. The maximum Gasteiger partial charge on any atom is 0.256 e. The van der Waals surface area contributed by atoms with Crippen LogP contribution in [-0.4, -0.2) is 28.9 Å². The summed E-state index contributed by atoms with van der Waals surface area (Å²) in [6.45, 7) is 2.56. The summed E-state index contributed by atoms with van der Waals surface area (Å²) < 4.78 is 29.9. The fourth-order valence-corrected chi connectivity index (χ4v) is 5.97. The van der Waals surface area contributed by atoms with Crippen molar-refractivity contribution in [3.05, 3.63) is 89.4 Å². The number of aryl methyl sites for hydroxylation is 1. The molecular formula is C28H25ClN4O3S. The zero-order valence-corrected chi connectivity index (χ0v) is 21.8. The topological polar surface area (TPSA) is 94.0 Å². The molecule has 2 aromatic heterocycles. The van der Waals surface area contributed by atoms with Gasteiger partial charge in [-0.3, -0.25) is 4.79 Å². The molecule has 0 fully saturated rings. The second-order valence-electron chi connectivity index (χ2n) is 8.70. The van der Waals surface area contributed by atoms with Crippen molar-refractivity contribution in [3.8, 4) is 0 Å². The number of rotatable bonds is 8. The van der Waals surface area contributed by atoms with Gasteiger partial charge in [-0.25, -0.2) is 18.4 Å². The third-order valence-corrected chi connectivity index (χ3v) is 8.22. The molecule has 0 radical (unpaired) electrons. The molecule has 2 heterocycles. The smallest absolute Gasteiger partial charge is 0.256 e. The number of hydrogen-bond acceptors (Lipinski definition) is 5. The van der Waals surface area contributed by atoms with Crippen molar-refractivity contribution >= 4 is 55.4 Å². The number of unbranched alkanes of at least 4 members (excludes halogenated alkanes) is 2. The van der Waals surface area contributed by atoms with E-state index in [1.165, 1.54) is 12.1 Å². The lowest BCUT2D eigenvalue weighted by Crippen LogP contribution is -2.18. The molecule has 0 saturated heterocycles. The van der Waals surface area contributed by atoms with Crippen LogP contribution < -0.4 is 5.32 Å². The Morgan fingerprint density at radius 2 is 1.54 bits per heavy atom. The van der Waals surface area contributed by atoms with Crippen molar-refractivity contribution in [2.75, 3.05) is 5.32 Å². The highest BCUT2D eigenvalue weighted by atomic mass is 35.5. The fraction of sp³-hybridized carbons (Fsp3) is 0.179. The molecule has 0 atom stereocenters. The molecule has 188 valence electrons. The number of anilines is 1. The van der Waals surface area contributed by atoms with Crippen LogP contribution in [0.25, 0.3) is 22.2 Å². The first-order valence-electron chi connectivity index (χ1n) is 12.1. The van der Waals surface area contributed by atoms with E-state index in [0.29, 0.717) is 33.8 Å². The summed E-state index contributed by atoms with van der Waals surface area (Å²) in [6.07, 6.45) is 2.70. The average molecular weight is 533 g/mol. The normalized spacial score (nSPS) is 11.7. The molecule has 1 amide bonds. The van der Waals surface area contributed by atoms with Crippen LogP contribution in [0.4, 0.5) is 5.82 Å². The van der Waals surface area contributed by atoms with Gasteiger partial charge in [0, 0.05) is 17.1 Å². The number of sulfone groups is 1. The Labute approximate surface area is 220 Å². The summed E-state index contributed by atoms with van der Waals surface area (Å²) in [4.78, 5) is 22.9. The number of halogens is 1. The van der Waals surface area contributed by atoms with E-state index in [1.807, 2.05) is 18.2 Å². The van der Waals surface area contributed by atoms with Crippen molar-refractivity contribution in [1.29, 1.82) is 0 Å². The number of nitrogens with zero attached hydrogens (tertiary/aromatic N) is 3. The monoisotopic (exact) mass is 532 g/mol. The molecule has 7 nitrogen and oxygen atoms in total. The number of fused-ring (bicyclic) bond motifs is 2. The van der Waals surface area contributed by atoms with E-state index in [2.05, 4.69) is 12.2 Å². The summed E-state index contributed by atoms with van der Waals surface area (Å²) in [7, 11) is -4.07. The highest BCUT2D eigenvalue weighted by Crippen LogP contribution is 2.37. The Kier molecular flexibility index (Phi) is 6.95. The van der Waals surface area contributed by atoms with E-state index in [9.17, 15) is 13.2 Å². The summed E-state index contributed by atoms with van der Waals surface area (Å²) in [6, 6.07) is 21.9. The van der Waals surface area contributed by atoms with Gasteiger partial charge in [-0.2, -0.15) is 0 Å². The minimum Gasteiger partial charge on any atom is -0.309 e. The Morgan fingerprint density at radius 1 is 0.892 bits per heavy atom. The quantitative estimate of drug-likeness (QED) is 0.230. The van der Waals surface area contributed by atoms with Gasteiger partial charge < -0.3 is 9.88 Å². The van der Waals surface area contributed by atoms with Gasteiger partial charge in [0.1, 0.15) is 16.2 Å². The lowest BCUT2D eigenvalue weighted by molar-refractivity contribution is 0.102. The fourth-order valence-electron chi connectivity index (χ4n) is 4.29. The zero-order valence-electron chi connectivity index (χ0n) is 20.2. The van der Waals surface area contributed by atoms with E-state index < -0.39 is 15.7 Å². The number of carbonyl (C=O) groups is 1. The van der Waals surface area contributed by atoms with E-state index in [4.69, 9.17) is 21.6 Å². The maximum atomic E-state index is 14.1. The second-order valence-corrected chi connectivity index (χ2v) is 11.0. The largest absolute Gasteiger partial charge is 0.309 e. The molecule has 37 heavy (non-hydrogen) atoms. The first-order valence-corrected chi connectivity index (χ1v) is 13.9. The number of para-hydroxylation sites is 2. The van der Waals surface area contributed by atoms with Crippen molar-refractivity contribution in [1.82, 2.24) is 14.5 Å². The Bertz CT molecular complexity index is 1700. The SMILES string of the molecule is CCCCCn1c(NC(=O)c2ccc(Cl)cc2)c(S(=O)(=O)c2ccccc2)c2nc3ccccc3nc21. The Balaban J connectivity index is 1.79. The van der Waals surface area contributed by atoms with E-state index >= 15 is 0 Å². The highest BCUT2D eigenvalue weighted by Gasteiger charge is 2.32. The third-order valence-electron chi connectivity index (χ3n) is 6.15. The summed E-state index contributed by atoms with van der Waals surface area (Å²) in [5.41, 5.74) is 2.20. The van der Waals surface area contributed by atoms with Crippen LogP contribution in [-0.2, 0) is 16.4 Å². The number of carbonyl (C=O) groups excluding carboxylic acids is 1. The molecule has 0 saturated carbocycles. The van der Waals surface area contributed by atoms with Crippen LogP contribution in [0.15, 0.2) is 88.7 Å². The molecule has 0 aliphatic carbocycles. The molecular weight excluding hydrogens is 508 g/mol. The van der Waals surface area contributed by atoms with Gasteiger partial charge in [-0.15, -0.1) is 0 Å². The molecule has 1 N–H and O–H groups in total. The molecule has 0 spiro atoms. The Hall–Kier alpha value is -3.75. The van der Waals surface area contributed by atoms with Crippen molar-refractivity contribution in [3.63, 3.8) is 0 Å². The average Bonchev–Trinajstić information content (AvgIpc) is 3.20. The number of aromatic nitrogens is 3. The van der Waals surface area contributed by atoms with Crippen molar-refractivity contribution in [2.45, 2.75) is 42.5 Å². The van der Waals surface area contributed by atoms with Gasteiger partial charge in [0.2, 0.25) is 9.84 Å². The van der Waals surface area contributed by atoms with Gasteiger partial charge in [-0.05, 0) is 55.0 Å². The van der Waals surface area contributed by atoms with Crippen LogP contribution >= 0.6 is 11.6 Å². The summed E-state index contributed by atoms with van der Waals surface area (Å²) in [5, 5.41) is 3.38. The predicted octanol–water partition coefficient (Wildman–Crippen LogP) is 6.51. The van der Waals surface area contributed by atoms with E-state index in [-0.39, 0.29) is 21.1 Å². The molecule has 5 aromatic rings. The van der Waals surface area contributed by atoms with E-state index in [1.54, 1.807) is 53.1 Å². The highest BCUT2D eigenvalue weighted by molar-refractivity contribution is 7.92. The second kappa shape index (κ2) is 10.3. The van der Waals surface area contributed by atoms with Crippen LogP contribution in [0.3, 0.4) is 0 Å². The first kappa shape index (κ1) is 24.9. The summed E-state index contributed by atoms with van der Waals surface area (Å²) in [5.74, 6) is -0.296. The zero-order chi connectivity index (χ0) is 26.0. The van der Waals surface area contributed by atoms with Gasteiger partial charge in [0.25, 0.3) is 5.91 Å². The first-order chi connectivity index (χ1) is 17.9. The van der Waals surface area contributed by atoms with Gasteiger partial charge in [-0.1, -0.05) is 61.7 Å². The van der Waals surface area contributed by atoms with Crippen LogP contribution in [0.5, 0.6) is 0 Å².